The number of anilines is 3. The van der Waals surface area contributed by atoms with E-state index in [1.807, 2.05) is 30.3 Å². The summed E-state index contributed by atoms with van der Waals surface area (Å²) in [4.78, 5) is 11.3. The Hall–Kier alpha value is -3.16. The molecule has 0 aliphatic carbocycles. The monoisotopic (exact) mass is 455 g/mol. The fourth-order valence-electron chi connectivity index (χ4n) is 4.72. The van der Waals surface area contributed by atoms with Gasteiger partial charge in [-0.05, 0) is 49.6 Å². The number of piperidine rings is 1. The fourth-order valence-corrected chi connectivity index (χ4v) is 4.72. The Morgan fingerprint density at radius 3 is 2.03 bits per heavy atom. The zero-order valence-corrected chi connectivity index (χ0v) is 18.5. The Labute approximate surface area is 192 Å². The highest BCUT2D eigenvalue weighted by Gasteiger charge is 2.34. The van der Waals surface area contributed by atoms with E-state index in [1.165, 1.54) is 18.0 Å². The normalized spacial score (nSPS) is 17.5. The van der Waals surface area contributed by atoms with Crippen LogP contribution in [-0.2, 0) is 6.18 Å². The summed E-state index contributed by atoms with van der Waals surface area (Å²) in [5, 5.41) is 0. The van der Waals surface area contributed by atoms with Gasteiger partial charge in [0.25, 0.3) is 0 Å². The van der Waals surface area contributed by atoms with E-state index in [0.29, 0.717) is 11.5 Å². The van der Waals surface area contributed by atoms with E-state index in [9.17, 15) is 13.2 Å². The van der Waals surface area contributed by atoms with Gasteiger partial charge in [-0.3, -0.25) is 0 Å². The molecule has 8 heteroatoms. The lowest BCUT2D eigenvalue weighted by Crippen LogP contribution is -2.46. The van der Waals surface area contributed by atoms with Gasteiger partial charge < -0.3 is 19.3 Å². The highest BCUT2D eigenvalue weighted by molar-refractivity contribution is 5.54. The Kier molecular flexibility index (Phi) is 5.91. The van der Waals surface area contributed by atoms with Crippen molar-refractivity contribution in [2.45, 2.75) is 25.4 Å². The van der Waals surface area contributed by atoms with Gasteiger partial charge in [0.15, 0.2) is 0 Å². The largest absolute Gasteiger partial charge is 0.417 e. The van der Waals surface area contributed by atoms with E-state index < -0.39 is 11.7 Å². The Balaban J connectivity index is 1.34. The van der Waals surface area contributed by atoms with Gasteiger partial charge in [0, 0.05) is 51.2 Å². The van der Waals surface area contributed by atoms with E-state index in [1.54, 1.807) is 10.8 Å². The smallest absolute Gasteiger partial charge is 0.368 e. The molecule has 174 valence electrons. The molecule has 2 aliphatic heterocycles. The van der Waals surface area contributed by atoms with Crippen LogP contribution < -0.4 is 14.7 Å². The van der Waals surface area contributed by atoms with E-state index in [4.69, 9.17) is 0 Å². The number of para-hydroxylation sites is 1. The summed E-state index contributed by atoms with van der Waals surface area (Å²) < 4.78 is 42.0. The van der Waals surface area contributed by atoms with Crippen molar-refractivity contribution in [1.82, 2.24) is 9.55 Å². The van der Waals surface area contributed by atoms with E-state index in [0.717, 1.165) is 64.3 Å². The van der Waals surface area contributed by atoms with Crippen LogP contribution in [-0.4, -0.2) is 48.8 Å². The van der Waals surface area contributed by atoms with Crippen LogP contribution in [0.4, 0.5) is 30.5 Å². The number of nitrogens with zero attached hydrogens (tertiary/aromatic N) is 5. The fraction of sp³-hybridized carbons (Fsp3) is 0.400. The molecule has 3 aromatic rings. The molecular weight excluding hydrogens is 427 g/mol. The molecule has 0 atom stereocenters. The molecule has 4 heterocycles. The highest BCUT2D eigenvalue weighted by atomic mass is 19.4. The van der Waals surface area contributed by atoms with Gasteiger partial charge in [0.2, 0.25) is 0 Å². The average molecular weight is 456 g/mol. The van der Waals surface area contributed by atoms with Crippen molar-refractivity contribution in [3.63, 3.8) is 0 Å². The molecular formula is C25H28F3N5. The summed E-state index contributed by atoms with van der Waals surface area (Å²) in [5.41, 5.74) is 1.25. The zero-order valence-electron chi connectivity index (χ0n) is 18.5. The number of halogens is 3. The minimum Gasteiger partial charge on any atom is -0.368 e. The highest BCUT2D eigenvalue weighted by Crippen LogP contribution is 2.36. The van der Waals surface area contributed by atoms with E-state index in [-0.39, 0.29) is 0 Å². The second kappa shape index (κ2) is 9.00. The standard InChI is InChI=1S/C25H28F3N5/c26-25(27,28)20-17-24(32-11-5-2-6-12-32)33(19-20)22-9-10-23(29-18-22)31-15-13-30(14-16-31)21-7-3-1-4-8-21/h1,3-4,7-10,17-19H,2,5-6,11-16H2. The summed E-state index contributed by atoms with van der Waals surface area (Å²) in [6.45, 7) is 5.05. The van der Waals surface area contributed by atoms with Crippen molar-refractivity contribution in [3.05, 3.63) is 66.5 Å². The van der Waals surface area contributed by atoms with Gasteiger partial charge in [0.05, 0.1) is 17.4 Å². The molecule has 0 radical (unpaired) electrons. The SMILES string of the molecule is FC(F)(F)c1cc(N2CCCCC2)n(-c2ccc(N3CCN(c4ccccc4)CC3)nc2)c1. The number of hydrogen-bond acceptors (Lipinski definition) is 4. The lowest BCUT2D eigenvalue weighted by atomic mass is 10.1. The molecule has 0 spiro atoms. The second-order valence-corrected chi connectivity index (χ2v) is 8.69. The molecule has 1 aromatic carbocycles. The van der Waals surface area contributed by atoms with Crippen LogP contribution in [0.15, 0.2) is 60.9 Å². The molecule has 0 unspecified atom stereocenters. The summed E-state index contributed by atoms with van der Waals surface area (Å²) in [6.07, 6.45) is 1.63. The quantitative estimate of drug-likeness (QED) is 0.540. The van der Waals surface area contributed by atoms with Gasteiger partial charge >= 0.3 is 6.18 Å². The van der Waals surface area contributed by atoms with Crippen molar-refractivity contribution >= 4 is 17.3 Å². The maximum Gasteiger partial charge on any atom is 0.417 e. The third kappa shape index (κ3) is 4.65. The van der Waals surface area contributed by atoms with Gasteiger partial charge in [-0.1, -0.05) is 18.2 Å². The van der Waals surface area contributed by atoms with Crippen LogP contribution in [0.2, 0.25) is 0 Å². The molecule has 0 amide bonds. The summed E-state index contributed by atoms with van der Waals surface area (Å²) >= 11 is 0. The molecule has 2 saturated heterocycles. The minimum atomic E-state index is -4.37. The number of rotatable bonds is 4. The molecule has 2 fully saturated rings. The van der Waals surface area contributed by atoms with E-state index in [2.05, 4.69) is 31.8 Å². The van der Waals surface area contributed by atoms with Crippen LogP contribution in [0.5, 0.6) is 0 Å². The van der Waals surface area contributed by atoms with E-state index >= 15 is 0 Å². The summed E-state index contributed by atoms with van der Waals surface area (Å²) in [6, 6.07) is 15.4. The van der Waals surface area contributed by atoms with Crippen LogP contribution >= 0.6 is 0 Å². The topological polar surface area (TPSA) is 27.5 Å². The van der Waals surface area contributed by atoms with Crippen molar-refractivity contribution < 1.29 is 13.2 Å². The molecule has 5 rings (SSSR count). The Morgan fingerprint density at radius 2 is 1.39 bits per heavy atom. The molecule has 33 heavy (non-hydrogen) atoms. The number of aromatic nitrogens is 2. The zero-order chi connectivity index (χ0) is 22.8. The maximum atomic E-state index is 13.5. The molecule has 2 aliphatic rings. The first kappa shape index (κ1) is 21.7. The first-order valence-corrected chi connectivity index (χ1v) is 11.5. The number of hydrogen-bond donors (Lipinski definition) is 0. The van der Waals surface area contributed by atoms with Gasteiger partial charge in [-0.15, -0.1) is 0 Å². The van der Waals surface area contributed by atoms with Gasteiger partial charge in [-0.25, -0.2) is 4.98 Å². The lowest BCUT2D eigenvalue weighted by Gasteiger charge is -2.36. The number of alkyl halides is 3. The Bertz CT molecular complexity index is 1050. The van der Waals surface area contributed by atoms with Crippen LogP contribution in [0, 0.1) is 0 Å². The van der Waals surface area contributed by atoms with Gasteiger partial charge in [-0.2, -0.15) is 13.2 Å². The first-order chi connectivity index (χ1) is 16.0. The Morgan fingerprint density at radius 1 is 0.697 bits per heavy atom. The average Bonchev–Trinajstić information content (AvgIpc) is 3.32. The maximum absolute atomic E-state index is 13.5. The first-order valence-electron chi connectivity index (χ1n) is 11.5. The van der Waals surface area contributed by atoms with Crippen molar-refractivity contribution in [3.8, 4) is 5.69 Å². The number of pyridine rings is 1. The van der Waals surface area contributed by atoms with Crippen molar-refractivity contribution in [2.24, 2.45) is 0 Å². The number of benzene rings is 1. The van der Waals surface area contributed by atoms with Crippen LogP contribution in [0.25, 0.3) is 5.69 Å². The van der Waals surface area contributed by atoms with Crippen LogP contribution in [0.3, 0.4) is 0 Å². The predicted molar refractivity (Wildman–Crippen MR) is 125 cm³/mol. The summed E-state index contributed by atoms with van der Waals surface area (Å²) in [7, 11) is 0. The molecule has 0 N–H and O–H groups in total. The number of piperazine rings is 1. The minimum absolute atomic E-state index is 0.591. The lowest BCUT2D eigenvalue weighted by molar-refractivity contribution is -0.137. The summed E-state index contributed by atoms with van der Waals surface area (Å²) in [5.74, 6) is 1.45. The molecule has 0 saturated carbocycles. The third-order valence-electron chi connectivity index (χ3n) is 6.54. The second-order valence-electron chi connectivity index (χ2n) is 8.69. The molecule has 0 bridgehead atoms. The van der Waals surface area contributed by atoms with Crippen LogP contribution in [0.1, 0.15) is 24.8 Å². The molecule has 2 aromatic heterocycles. The predicted octanol–water partition coefficient (Wildman–Crippen LogP) is 5.21. The molecule has 5 nitrogen and oxygen atoms in total. The van der Waals surface area contributed by atoms with Gasteiger partial charge in [0.1, 0.15) is 11.6 Å². The third-order valence-corrected chi connectivity index (χ3v) is 6.54. The van der Waals surface area contributed by atoms with Crippen molar-refractivity contribution in [1.29, 1.82) is 0 Å². The van der Waals surface area contributed by atoms with Crippen molar-refractivity contribution in [2.75, 3.05) is 54.0 Å².